The Morgan fingerprint density at radius 3 is 2.74 bits per heavy atom. The van der Waals surface area contributed by atoms with E-state index in [0.29, 0.717) is 19.3 Å². The number of hydrogen-bond acceptors (Lipinski definition) is 7. The number of fused-ring (bicyclic) bond motifs is 7. The molecule has 1 aliphatic heterocycles. The lowest BCUT2D eigenvalue weighted by atomic mass is 9.46. The average molecular weight is 548 g/mol. The van der Waals surface area contributed by atoms with Gasteiger partial charge in [-0.1, -0.05) is 58.5 Å². The highest BCUT2D eigenvalue weighted by atomic mass is 16.7. The zero-order chi connectivity index (χ0) is 33.7. The Balaban J connectivity index is 1.34. The quantitative estimate of drug-likeness (QED) is 0.498. The largest absolute Gasteiger partial charge is 0.457 e. The van der Waals surface area contributed by atoms with Crippen molar-refractivity contribution in [1.29, 1.82) is 0 Å². The molecular weight excluding hydrogens is 496 g/mol. The second-order valence-electron chi connectivity index (χ2n) is 13.1. The lowest BCUT2D eigenvalue weighted by Crippen LogP contribution is -2.63. The second-order valence-corrected chi connectivity index (χ2v) is 13.1. The molecular formula is C32H44O7. The van der Waals surface area contributed by atoms with Crippen LogP contribution < -0.4 is 0 Å². The van der Waals surface area contributed by atoms with Crippen molar-refractivity contribution in [2.45, 2.75) is 109 Å². The van der Waals surface area contributed by atoms with Crippen LogP contribution in [0.3, 0.4) is 0 Å². The van der Waals surface area contributed by atoms with E-state index in [9.17, 15) is 19.5 Å². The Kier molecular flexibility index (Phi) is 4.97. The average Bonchev–Trinajstić information content (AvgIpc) is 3.48. The summed E-state index contributed by atoms with van der Waals surface area (Å²) in [5, 5.41) is 11.9. The van der Waals surface area contributed by atoms with Gasteiger partial charge in [0.25, 0.3) is 0 Å². The van der Waals surface area contributed by atoms with E-state index in [1.54, 1.807) is 12.2 Å². The molecule has 39 heavy (non-hydrogen) atoms. The van der Waals surface area contributed by atoms with Gasteiger partial charge in [-0.15, -0.1) is 0 Å². The van der Waals surface area contributed by atoms with Gasteiger partial charge in [0.05, 0.1) is 18.1 Å². The highest BCUT2D eigenvalue weighted by Gasteiger charge is 2.76. The van der Waals surface area contributed by atoms with Gasteiger partial charge >= 0.3 is 5.97 Å². The Hall–Kier alpha value is -1.83. The predicted octanol–water partition coefficient (Wildman–Crippen LogP) is 4.70. The van der Waals surface area contributed by atoms with Gasteiger partial charge < -0.3 is 19.3 Å². The Bertz CT molecular complexity index is 1340. The predicted molar refractivity (Wildman–Crippen MR) is 143 cm³/mol. The van der Waals surface area contributed by atoms with E-state index in [2.05, 4.69) is 6.92 Å². The first-order chi connectivity index (χ1) is 21.3. The number of Topliss-reactive ketones (excluding diaryl/α,β-unsaturated/α-hetero) is 1. The molecule has 1 N–H and O–H groups in total. The minimum Gasteiger partial charge on any atom is -0.457 e. The number of carbonyl (C=O) groups is 3. The zero-order valence-electron chi connectivity index (χ0n) is 29.7. The van der Waals surface area contributed by atoms with E-state index in [1.165, 1.54) is 0 Å². The number of esters is 1. The van der Waals surface area contributed by atoms with Crippen molar-refractivity contribution in [3.63, 3.8) is 0 Å². The summed E-state index contributed by atoms with van der Waals surface area (Å²) in [7, 11) is 0. The Labute approximate surface area is 241 Å². The van der Waals surface area contributed by atoms with E-state index >= 15 is 0 Å². The highest BCUT2D eigenvalue weighted by Crippen LogP contribution is 2.70. The molecule has 1 heterocycles. The van der Waals surface area contributed by atoms with Crippen LogP contribution >= 0.6 is 0 Å². The molecule has 0 amide bonds. The van der Waals surface area contributed by atoms with Crippen molar-refractivity contribution in [1.82, 2.24) is 0 Å². The normalized spacial score (nSPS) is 48.8. The lowest BCUT2D eigenvalue weighted by molar-refractivity contribution is -0.210. The SMILES string of the molecule is [2H]C([2H])([2H])C([2H])(C(=O)OCC(=O)[C@@]12O[C@H](C3CCCCC3)O[C@@H]1C[C@H]1[C@@H]3CCC4=CC(=O)C=C[C@]4(C)[C@H]3[C@@H](O)C[C@@]12C)C([2H])([2H])[2H]. The molecule has 7 heteroatoms. The molecule has 0 aromatic rings. The van der Waals surface area contributed by atoms with Gasteiger partial charge in [0.15, 0.2) is 24.3 Å². The molecule has 0 aromatic carbocycles. The minimum atomic E-state index is -3.59. The number of carbonyl (C=O) groups excluding carboxylic acids is 3. The van der Waals surface area contributed by atoms with Crippen LogP contribution in [-0.2, 0) is 28.6 Å². The van der Waals surface area contributed by atoms with Crippen molar-refractivity contribution < 1.29 is 43.3 Å². The minimum absolute atomic E-state index is 0.0427. The third kappa shape index (κ3) is 3.97. The van der Waals surface area contributed by atoms with Crippen LogP contribution in [0.25, 0.3) is 0 Å². The fourth-order valence-electron chi connectivity index (χ4n) is 9.52. The van der Waals surface area contributed by atoms with Crippen LogP contribution in [0.1, 0.15) is 94.9 Å². The Morgan fingerprint density at radius 2 is 2.00 bits per heavy atom. The van der Waals surface area contributed by atoms with E-state index < -0.39 is 72.9 Å². The van der Waals surface area contributed by atoms with Crippen LogP contribution in [0, 0.1) is 40.4 Å². The molecule has 1 saturated heterocycles. The topological polar surface area (TPSA) is 99.1 Å². The van der Waals surface area contributed by atoms with Crippen LogP contribution in [0.2, 0.25) is 0 Å². The molecule has 214 valence electrons. The molecule has 0 aromatic heterocycles. The first-order valence-electron chi connectivity index (χ1n) is 18.0. The number of hydrogen-bond donors (Lipinski definition) is 1. The number of aliphatic hydroxyl groups excluding tert-OH is 1. The van der Waals surface area contributed by atoms with Gasteiger partial charge in [0, 0.05) is 32.3 Å². The van der Waals surface area contributed by atoms with Crippen LogP contribution in [-0.4, -0.2) is 53.3 Å². The first-order valence-corrected chi connectivity index (χ1v) is 14.5. The summed E-state index contributed by atoms with van der Waals surface area (Å²) < 4.78 is 72.5. The van der Waals surface area contributed by atoms with E-state index in [-0.39, 0.29) is 35.9 Å². The van der Waals surface area contributed by atoms with Crippen molar-refractivity contribution in [3.05, 3.63) is 23.8 Å². The first kappa shape index (κ1) is 20.1. The van der Waals surface area contributed by atoms with Gasteiger partial charge in [0.1, 0.15) is 0 Å². The van der Waals surface area contributed by atoms with Gasteiger partial charge in [-0.05, 0) is 62.5 Å². The molecule has 0 bridgehead atoms. The molecule has 0 spiro atoms. The molecule has 9 atom stereocenters. The maximum Gasteiger partial charge on any atom is 0.308 e. The zero-order valence-corrected chi connectivity index (χ0v) is 22.7. The van der Waals surface area contributed by atoms with Crippen molar-refractivity contribution in [2.75, 3.05) is 6.61 Å². The van der Waals surface area contributed by atoms with Gasteiger partial charge in [-0.25, -0.2) is 0 Å². The number of allylic oxidation sites excluding steroid dienone is 4. The lowest BCUT2D eigenvalue weighted by Gasteiger charge is -2.59. The smallest absolute Gasteiger partial charge is 0.308 e. The summed E-state index contributed by atoms with van der Waals surface area (Å²) in [5.41, 5.74) is -2.15. The monoisotopic (exact) mass is 547 g/mol. The Morgan fingerprint density at radius 1 is 1.23 bits per heavy atom. The van der Waals surface area contributed by atoms with Crippen molar-refractivity contribution in [3.8, 4) is 0 Å². The van der Waals surface area contributed by atoms with E-state index in [4.69, 9.17) is 23.8 Å². The molecule has 0 radical (unpaired) electrons. The van der Waals surface area contributed by atoms with Gasteiger partial charge in [0.2, 0.25) is 5.78 Å². The standard InChI is InChI=1S/C32H44O7/c1-18(2)28(36)37-17-25(35)32-26(38-29(39-32)19-8-6-5-7-9-19)15-23-22-11-10-20-14-21(33)12-13-30(20,3)27(22)24(34)16-31(23,32)4/h12-14,18-19,22-24,26-27,29,34H,5-11,15-17H2,1-4H3/t22-,23-,24-,26+,27+,29+,30-,31-,32+/m0/s1/i1D3,2D3,18D. The molecule has 7 nitrogen and oxygen atoms in total. The van der Waals surface area contributed by atoms with Gasteiger partial charge in [-0.3, -0.25) is 14.4 Å². The third-order valence-corrected chi connectivity index (χ3v) is 11.2. The summed E-state index contributed by atoms with van der Waals surface area (Å²) in [4.78, 5) is 39.8. The molecule has 0 unspecified atom stereocenters. The van der Waals surface area contributed by atoms with Crippen molar-refractivity contribution >= 4 is 17.5 Å². The fraction of sp³-hybridized carbons (Fsp3) is 0.781. The number of rotatable bonds is 5. The number of ketones is 2. The van der Waals surface area contributed by atoms with E-state index in [0.717, 1.165) is 37.7 Å². The maximum atomic E-state index is 14.5. The maximum absolute atomic E-state index is 14.5. The fourth-order valence-corrected chi connectivity index (χ4v) is 9.52. The van der Waals surface area contributed by atoms with E-state index in [1.807, 2.05) is 13.0 Å². The summed E-state index contributed by atoms with van der Waals surface area (Å²) in [6.07, 6.45) is 9.65. The molecule has 4 saturated carbocycles. The molecule has 5 aliphatic carbocycles. The second kappa shape index (κ2) is 9.63. The third-order valence-electron chi connectivity index (χ3n) is 11.2. The summed E-state index contributed by atoms with van der Waals surface area (Å²) in [6.45, 7) is -4.13. The van der Waals surface area contributed by atoms with Crippen LogP contribution in [0.4, 0.5) is 0 Å². The van der Waals surface area contributed by atoms with Crippen LogP contribution in [0.5, 0.6) is 0 Å². The summed E-state index contributed by atoms with van der Waals surface area (Å²) >= 11 is 0. The summed E-state index contributed by atoms with van der Waals surface area (Å²) in [6, 6.07) is 0. The molecule has 6 aliphatic rings. The van der Waals surface area contributed by atoms with Gasteiger partial charge in [-0.2, -0.15) is 0 Å². The van der Waals surface area contributed by atoms with Crippen molar-refractivity contribution in [2.24, 2.45) is 40.4 Å². The summed E-state index contributed by atoms with van der Waals surface area (Å²) in [5.74, 6) is -6.53. The highest BCUT2D eigenvalue weighted by molar-refractivity contribution is 6.01. The molecule has 6 rings (SSSR count). The number of ether oxygens (including phenoxy) is 3. The van der Waals surface area contributed by atoms with Crippen LogP contribution in [0.15, 0.2) is 23.8 Å². The molecule has 5 fully saturated rings. The number of aliphatic hydroxyl groups is 1.